The second kappa shape index (κ2) is 5.06. The molecule has 7 heteroatoms. The van der Waals surface area contributed by atoms with Crippen molar-refractivity contribution in [3.8, 4) is 0 Å². The molecule has 0 atom stereocenters. The van der Waals surface area contributed by atoms with E-state index >= 15 is 0 Å². The molecule has 86 valence electrons. The molecule has 0 aliphatic carbocycles. The molecule has 0 aliphatic heterocycles. The van der Waals surface area contributed by atoms with Crippen molar-refractivity contribution in [2.45, 2.75) is 0 Å². The highest BCUT2D eigenvalue weighted by molar-refractivity contribution is 6.58. The van der Waals surface area contributed by atoms with Gasteiger partial charge in [0.25, 0.3) is 5.91 Å². The molecule has 0 saturated heterocycles. The molecule has 1 aromatic rings. The Balaban J connectivity index is 3.09. The zero-order chi connectivity index (χ0) is 12.3. The van der Waals surface area contributed by atoms with Gasteiger partial charge in [0.15, 0.2) is 0 Å². The molecule has 0 unspecified atom stereocenters. The van der Waals surface area contributed by atoms with Gasteiger partial charge in [0.2, 0.25) is 0 Å². The van der Waals surface area contributed by atoms with Crippen LogP contribution in [0.4, 0.5) is 4.39 Å². The summed E-state index contributed by atoms with van der Waals surface area (Å²) in [6.07, 6.45) is 0. The van der Waals surface area contributed by atoms with Gasteiger partial charge >= 0.3 is 7.12 Å². The average Bonchev–Trinajstić information content (AvgIpc) is 2.26. The van der Waals surface area contributed by atoms with Crippen molar-refractivity contribution in [1.29, 1.82) is 0 Å². The normalized spacial score (nSPS) is 10.1. The van der Waals surface area contributed by atoms with E-state index in [2.05, 4.69) is 4.84 Å². The van der Waals surface area contributed by atoms with Crippen LogP contribution in [-0.2, 0) is 4.84 Å². The number of hydrogen-bond acceptors (Lipinski definition) is 4. The van der Waals surface area contributed by atoms with Gasteiger partial charge in [-0.15, -0.1) is 0 Å². The van der Waals surface area contributed by atoms with Gasteiger partial charge in [-0.25, -0.2) is 9.45 Å². The van der Waals surface area contributed by atoms with Crippen LogP contribution in [0.3, 0.4) is 0 Å². The minimum atomic E-state index is -1.82. The average molecular weight is 227 g/mol. The molecule has 0 fully saturated rings. The molecule has 0 aliphatic rings. The first-order chi connectivity index (χ1) is 7.45. The largest absolute Gasteiger partial charge is 0.488 e. The van der Waals surface area contributed by atoms with E-state index in [1.54, 1.807) is 0 Å². The molecule has 0 saturated carbocycles. The number of benzene rings is 1. The minimum Gasteiger partial charge on any atom is -0.423 e. The second-order valence-electron chi connectivity index (χ2n) is 3.13. The van der Waals surface area contributed by atoms with E-state index < -0.39 is 18.8 Å². The maximum atomic E-state index is 13.1. The van der Waals surface area contributed by atoms with E-state index in [1.165, 1.54) is 20.2 Å². The fourth-order valence-electron chi connectivity index (χ4n) is 1.15. The number of carbonyl (C=O) groups is 1. The molecular weight excluding hydrogens is 216 g/mol. The lowest BCUT2D eigenvalue weighted by molar-refractivity contribution is -0.0757. The number of hydroxylamine groups is 2. The Labute approximate surface area is 92.2 Å². The zero-order valence-corrected chi connectivity index (χ0v) is 8.85. The molecule has 16 heavy (non-hydrogen) atoms. The van der Waals surface area contributed by atoms with E-state index in [0.29, 0.717) is 0 Å². The molecule has 1 aromatic carbocycles. The molecule has 0 heterocycles. The van der Waals surface area contributed by atoms with Gasteiger partial charge < -0.3 is 10.0 Å². The third kappa shape index (κ3) is 2.78. The van der Waals surface area contributed by atoms with E-state index in [9.17, 15) is 9.18 Å². The van der Waals surface area contributed by atoms with Crippen molar-refractivity contribution in [3.05, 3.63) is 29.6 Å². The van der Waals surface area contributed by atoms with E-state index in [4.69, 9.17) is 10.0 Å². The molecule has 0 radical (unpaired) electrons. The van der Waals surface area contributed by atoms with Crippen LogP contribution in [0, 0.1) is 5.82 Å². The van der Waals surface area contributed by atoms with Crippen molar-refractivity contribution in [2.75, 3.05) is 14.2 Å². The Morgan fingerprint density at radius 1 is 1.44 bits per heavy atom. The molecule has 1 amide bonds. The Hall–Kier alpha value is -1.44. The summed E-state index contributed by atoms with van der Waals surface area (Å²) in [5, 5.41) is 18.7. The SMILES string of the molecule is CON(C)C(=O)c1cc(F)cc(B(O)O)c1. The van der Waals surface area contributed by atoms with Crippen molar-refractivity contribution in [3.63, 3.8) is 0 Å². The Morgan fingerprint density at radius 2 is 2.06 bits per heavy atom. The Morgan fingerprint density at radius 3 is 2.56 bits per heavy atom. The van der Waals surface area contributed by atoms with Crippen LogP contribution in [-0.4, -0.2) is 42.3 Å². The molecule has 1 rings (SSSR count). The van der Waals surface area contributed by atoms with Crippen molar-refractivity contribution in [1.82, 2.24) is 5.06 Å². The molecular formula is C9H11BFNO4. The standard InChI is InChI=1S/C9H11BFNO4/c1-12(16-2)9(13)6-3-7(10(14)15)5-8(11)4-6/h3-5,14-15H,1-2H3. The van der Waals surface area contributed by atoms with Crippen molar-refractivity contribution >= 4 is 18.5 Å². The zero-order valence-electron chi connectivity index (χ0n) is 8.85. The summed E-state index contributed by atoms with van der Waals surface area (Å²) in [6, 6.07) is 3.11. The van der Waals surface area contributed by atoms with Crippen molar-refractivity contribution in [2.24, 2.45) is 0 Å². The fourth-order valence-corrected chi connectivity index (χ4v) is 1.15. The first kappa shape index (κ1) is 12.6. The highest BCUT2D eigenvalue weighted by Gasteiger charge is 2.18. The van der Waals surface area contributed by atoms with E-state index in [-0.39, 0.29) is 11.0 Å². The Bertz CT molecular complexity index is 399. The van der Waals surface area contributed by atoms with Gasteiger partial charge in [-0.2, -0.15) is 0 Å². The van der Waals surface area contributed by atoms with Gasteiger partial charge in [-0.3, -0.25) is 9.63 Å². The molecule has 0 aromatic heterocycles. The van der Waals surface area contributed by atoms with Crippen LogP contribution in [0.5, 0.6) is 0 Å². The summed E-state index contributed by atoms with van der Waals surface area (Å²) < 4.78 is 13.1. The van der Waals surface area contributed by atoms with Gasteiger partial charge in [-0.05, 0) is 23.7 Å². The van der Waals surface area contributed by atoms with Crippen LogP contribution < -0.4 is 5.46 Å². The summed E-state index contributed by atoms with van der Waals surface area (Å²) >= 11 is 0. The van der Waals surface area contributed by atoms with Gasteiger partial charge in [0.1, 0.15) is 5.82 Å². The molecule has 0 spiro atoms. The smallest absolute Gasteiger partial charge is 0.423 e. The monoisotopic (exact) mass is 227 g/mol. The number of amides is 1. The van der Waals surface area contributed by atoms with Crippen LogP contribution in [0.15, 0.2) is 18.2 Å². The highest BCUT2D eigenvalue weighted by atomic mass is 19.1. The quantitative estimate of drug-likeness (QED) is 0.520. The van der Waals surface area contributed by atoms with Crippen LogP contribution in [0.1, 0.15) is 10.4 Å². The first-order valence-electron chi connectivity index (χ1n) is 4.44. The maximum absolute atomic E-state index is 13.1. The fraction of sp³-hybridized carbons (Fsp3) is 0.222. The lowest BCUT2D eigenvalue weighted by Crippen LogP contribution is -2.32. The van der Waals surface area contributed by atoms with Gasteiger partial charge in [0, 0.05) is 12.6 Å². The lowest BCUT2D eigenvalue weighted by atomic mass is 9.79. The summed E-state index contributed by atoms with van der Waals surface area (Å²) in [5.41, 5.74) is -0.111. The topological polar surface area (TPSA) is 70.0 Å². The highest BCUT2D eigenvalue weighted by Crippen LogP contribution is 2.05. The summed E-state index contributed by atoms with van der Waals surface area (Å²) in [5.74, 6) is -1.30. The predicted molar refractivity (Wildman–Crippen MR) is 55.3 cm³/mol. The number of carbonyl (C=O) groups excluding carboxylic acids is 1. The number of halogens is 1. The number of hydrogen-bond donors (Lipinski definition) is 2. The van der Waals surface area contributed by atoms with Gasteiger partial charge in [-0.1, -0.05) is 0 Å². The lowest BCUT2D eigenvalue weighted by Gasteiger charge is -2.14. The summed E-state index contributed by atoms with van der Waals surface area (Å²) in [7, 11) is 0.830. The third-order valence-electron chi connectivity index (χ3n) is 2.03. The van der Waals surface area contributed by atoms with E-state index in [0.717, 1.165) is 17.2 Å². The Kier molecular flexibility index (Phi) is 4.00. The summed E-state index contributed by atoms with van der Waals surface area (Å²) in [4.78, 5) is 16.2. The summed E-state index contributed by atoms with van der Waals surface area (Å²) in [6.45, 7) is 0. The third-order valence-corrected chi connectivity index (χ3v) is 2.03. The molecule has 0 bridgehead atoms. The molecule has 5 nitrogen and oxygen atoms in total. The second-order valence-corrected chi connectivity index (χ2v) is 3.13. The maximum Gasteiger partial charge on any atom is 0.488 e. The minimum absolute atomic E-state index is 0.0209. The predicted octanol–water partition coefficient (Wildman–Crippen LogP) is -0.861. The van der Waals surface area contributed by atoms with Gasteiger partial charge in [0.05, 0.1) is 7.11 Å². The number of nitrogens with zero attached hydrogens (tertiary/aromatic N) is 1. The van der Waals surface area contributed by atoms with E-state index in [1.807, 2.05) is 0 Å². The van der Waals surface area contributed by atoms with Crippen LogP contribution in [0.25, 0.3) is 0 Å². The van der Waals surface area contributed by atoms with Crippen molar-refractivity contribution < 1.29 is 24.1 Å². The van der Waals surface area contributed by atoms with Crippen LogP contribution in [0.2, 0.25) is 0 Å². The molecule has 2 N–H and O–H groups in total. The van der Waals surface area contributed by atoms with Crippen LogP contribution >= 0.6 is 0 Å². The number of rotatable bonds is 3. The first-order valence-corrected chi connectivity index (χ1v) is 4.44.